The summed E-state index contributed by atoms with van der Waals surface area (Å²) in [7, 11) is -1.01. The van der Waals surface area contributed by atoms with Gasteiger partial charge in [-0.1, -0.05) is 12.2 Å². The zero-order valence-electron chi connectivity index (χ0n) is 8.88. The first-order valence-corrected chi connectivity index (χ1v) is 9.89. The smallest absolute Gasteiger partial charge is 0.165 e. The first-order valence-electron chi connectivity index (χ1n) is 4.99. The van der Waals surface area contributed by atoms with Gasteiger partial charge in [-0.2, -0.15) is 0 Å². The lowest BCUT2D eigenvalue weighted by molar-refractivity contribution is 0.355. The molecule has 96 valence electrons. The predicted molar refractivity (Wildman–Crippen MR) is 78.7 cm³/mol. The van der Waals surface area contributed by atoms with Gasteiger partial charge in [-0.25, -0.2) is 0 Å². The van der Waals surface area contributed by atoms with Gasteiger partial charge in [0.25, 0.3) is 0 Å². The van der Waals surface area contributed by atoms with E-state index in [-0.39, 0.29) is 0 Å². The van der Waals surface area contributed by atoms with E-state index in [2.05, 4.69) is 12.2 Å². The molecule has 0 aromatic heterocycles. The van der Waals surface area contributed by atoms with E-state index in [9.17, 15) is 0 Å². The van der Waals surface area contributed by atoms with Crippen molar-refractivity contribution in [3.63, 3.8) is 0 Å². The highest BCUT2D eigenvalue weighted by Gasteiger charge is 1.97. The first kappa shape index (κ1) is 17.3. The molecule has 8 heteroatoms. The summed E-state index contributed by atoms with van der Waals surface area (Å²) in [4.78, 5) is -0.812. The predicted octanol–water partition coefficient (Wildman–Crippen LogP) is 2.19. The summed E-state index contributed by atoms with van der Waals surface area (Å²) in [6.07, 6.45) is 4.25. The number of rotatable bonds is 10. The Balaban J connectivity index is 3.10. The number of hydrogen-bond donors (Lipinski definition) is 0. The Morgan fingerprint density at radius 2 is 1.19 bits per heavy atom. The van der Waals surface area contributed by atoms with Crippen LogP contribution in [0.15, 0.2) is 12.2 Å². The van der Waals surface area contributed by atoms with Gasteiger partial charge in [0.2, 0.25) is 0 Å². The number of hydrogen-bond acceptors (Lipinski definition) is 2. The minimum atomic E-state index is -0.507. The second-order valence-corrected chi connectivity index (χ2v) is 8.32. The van der Waals surface area contributed by atoms with Gasteiger partial charge in [0, 0.05) is 0 Å². The fourth-order valence-electron chi connectivity index (χ4n) is 0.883. The van der Waals surface area contributed by atoms with Crippen molar-refractivity contribution in [1.82, 2.24) is 0 Å². The van der Waals surface area contributed by atoms with Gasteiger partial charge in [-0.3, -0.25) is 0 Å². The minimum absolute atomic E-state index is 0.406. The van der Waals surface area contributed by atoms with Gasteiger partial charge in [0.15, 0.2) is 19.5 Å². The SMILES string of the molecule is ClC(Cl)CO[SiH2]CC=CC[SiH2]OCC(Cl)Cl. The van der Waals surface area contributed by atoms with Crippen molar-refractivity contribution in [2.45, 2.75) is 21.8 Å². The van der Waals surface area contributed by atoms with Crippen LogP contribution >= 0.6 is 46.4 Å². The molecule has 0 rings (SSSR count). The van der Waals surface area contributed by atoms with Crippen molar-refractivity contribution in [3.05, 3.63) is 12.2 Å². The molecule has 0 atom stereocenters. The largest absolute Gasteiger partial charge is 0.421 e. The second kappa shape index (κ2) is 12.7. The molecule has 16 heavy (non-hydrogen) atoms. The van der Waals surface area contributed by atoms with Crippen molar-refractivity contribution in [1.29, 1.82) is 0 Å². The normalized spacial score (nSPS) is 13.6. The molecule has 0 aliphatic rings. The maximum atomic E-state index is 5.51. The Kier molecular flexibility index (Phi) is 13.7. The van der Waals surface area contributed by atoms with Crippen LogP contribution in [0.5, 0.6) is 0 Å². The summed E-state index contributed by atoms with van der Waals surface area (Å²) >= 11 is 22.1. The molecule has 0 fully saturated rings. The van der Waals surface area contributed by atoms with Crippen LogP contribution in [0.4, 0.5) is 0 Å². The summed E-state index contributed by atoms with van der Waals surface area (Å²) in [6.45, 7) is 0.877. The van der Waals surface area contributed by atoms with Crippen molar-refractivity contribution in [3.8, 4) is 0 Å². The van der Waals surface area contributed by atoms with Gasteiger partial charge >= 0.3 is 0 Å². The highest BCUT2D eigenvalue weighted by molar-refractivity contribution is 6.45. The molecule has 0 aliphatic carbocycles. The fourth-order valence-corrected chi connectivity index (χ4v) is 3.72. The molecule has 0 spiro atoms. The van der Waals surface area contributed by atoms with E-state index in [1.807, 2.05) is 0 Å². The molecule has 0 unspecified atom stereocenters. The summed E-state index contributed by atoms with van der Waals surface area (Å²) in [5.41, 5.74) is 0. The van der Waals surface area contributed by atoms with Crippen molar-refractivity contribution in [2.75, 3.05) is 13.2 Å². The summed E-state index contributed by atoms with van der Waals surface area (Å²) in [5, 5.41) is 0. The second-order valence-electron chi connectivity index (χ2n) is 2.98. The van der Waals surface area contributed by atoms with E-state index < -0.39 is 29.2 Å². The molecule has 0 aromatic carbocycles. The molecule has 0 N–H and O–H groups in total. The van der Waals surface area contributed by atoms with Crippen LogP contribution in [0.25, 0.3) is 0 Å². The van der Waals surface area contributed by atoms with E-state index in [1.165, 1.54) is 0 Å². The van der Waals surface area contributed by atoms with Crippen LogP contribution in [0.2, 0.25) is 12.1 Å². The average molecular weight is 342 g/mol. The topological polar surface area (TPSA) is 18.5 Å². The van der Waals surface area contributed by atoms with E-state index in [0.29, 0.717) is 13.2 Å². The number of alkyl halides is 4. The third-order valence-corrected chi connectivity index (χ3v) is 4.20. The van der Waals surface area contributed by atoms with Gasteiger partial charge in [-0.05, 0) is 12.1 Å². The number of allylic oxidation sites excluding steroid dienone is 2. The van der Waals surface area contributed by atoms with Crippen molar-refractivity contribution in [2.24, 2.45) is 0 Å². The monoisotopic (exact) mass is 340 g/mol. The molecule has 0 saturated carbocycles. The molecule has 0 aliphatic heterocycles. The third-order valence-electron chi connectivity index (χ3n) is 1.51. The van der Waals surface area contributed by atoms with E-state index in [4.69, 9.17) is 55.3 Å². The molecule has 2 nitrogen and oxygen atoms in total. The van der Waals surface area contributed by atoms with Crippen LogP contribution in [0.3, 0.4) is 0 Å². The zero-order chi connectivity index (χ0) is 12.2. The molecule has 0 heterocycles. The Morgan fingerprint density at radius 1 is 0.812 bits per heavy atom. The van der Waals surface area contributed by atoms with Crippen LogP contribution in [0, 0.1) is 0 Å². The molecule has 0 saturated heterocycles. The van der Waals surface area contributed by atoms with Crippen LogP contribution < -0.4 is 0 Å². The van der Waals surface area contributed by atoms with Gasteiger partial charge in [-0.15, -0.1) is 46.4 Å². The van der Waals surface area contributed by atoms with E-state index in [0.717, 1.165) is 12.1 Å². The Morgan fingerprint density at radius 3 is 1.50 bits per heavy atom. The van der Waals surface area contributed by atoms with Crippen LogP contribution in [0.1, 0.15) is 0 Å². The summed E-state index contributed by atoms with van der Waals surface area (Å²) < 4.78 is 10.6. The van der Waals surface area contributed by atoms with E-state index in [1.54, 1.807) is 0 Å². The standard InChI is InChI=1S/C8H16Cl4O2Si2/c9-7(10)5-13-15-3-1-2-4-16-14-6-8(11)12/h1-2,7-8H,3-6,15-16H2. The lowest BCUT2D eigenvalue weighted by Crippen LogP contribution is -2.06. The molecular weight excluding hydrogens is 326 g/mol. The van der Waals surface area contributed by atoms with Crippen molar-refractivity contribution < 1.29 is 8.85 Å². The highest BCUT2D eigenvalue weighted by Crippen LogP contribution is 2.02. The Hall–Kier alpha value is 1.25. The molecule has 0 amide bonds. The summed E-state index contributed by atoms with van der Waals surface area (Å²) in [5.74, 6) is 0. The van der Waals surface area contributed by atoms with Gasteiger partial charge < -0.3 is 8.85 Å². The Bertz CT molecular complexity index is 163. The minimum Gasteiger partial charge on any atom is -0.421 e. The lowest BCUT2D eigenvalue weighted by atomic mass is 10.6. The highest BCUT2D eigenvalue weighted by atomic mass is 35.5. The quantitative estimate of drug-likeness (QED) is 0.262. The lowest BCUT2D eigenvalue weighted by Gasteiger charge is -2.02. The molecule has 0 aromatic rings. The maximum absolute atomic E-state index is 5.51. The van der Waals surface area contributed by atoms with Gasteiger partial charge in [0.05, 0.1) is 13.2 Å². The van der Waals surface area contributed by atoms with E-state index >= 15 is 0 Å². The summed E-state index contributed by atoms with van der Waals surface area (Å²) in [6, 6.07) is 2.01. The third kappa shape index (κ3) is 15.3. The van der Waals surface area contributed by atoms with Crippen molar-refractivity contribution >= 4 is 65.9 Å². The number of halogens is 4. The fraction of sp³-hybridized carbons (Fsp3) is 0.750. The van der Waals surface area contributed by atoms with Crippen LogP contribution in [-0.2, 0) is 8.85 Å². The Labute approximate surface area is 121 Å². The molecule has 0 radical (unpaired) electrons. The molecular formula is C8H16Cl4O2Si2. The van der Waals surface area contributed by atoms with Crippen LogP contribution in [-0.4, -0.2) is 42.4 Å². The average Bonchev–Trinajstić information content (AvgIpc) is 2.20. The maximum Gasteiger partial charge on any atom is 0.165 e. The molecule has 0 bridgehead atoms. The zero-order valence-corrected chi connectivity index (χ0v) is 14.7. The first-order chi connectivity index (χ1) is 7.63. The van der Waals surface area contributed by atoms with Gasteiger partial charge in [0.1, 0.15) is 9.67 Å².